The van der Waals surface area contributed by atoms with Crippen LogP contribution in [0.1, 0.15) is 24.9 Å². The van der Waals surface area contributed by atoms with E-state index >= 15 is 0 Å². The Labute approximate surface area is 95.6 Å². The van der Waals surface area contributed by atoms with Gasteiger partial charge in [-0.05, 0) is 31.0 Å². The first-order valence-electron chi connectivity index (χ1n) is 5.22. The molecule has 2 atom stereocenters. The number of aromatic nitrogens is 1. The van der Waals surface area contributed by atoms with Crippen molar-refractivity contribution in [2.75, 3.05) is 0 Å². The predicted octanol–water partition coefficient (Wildman–Crippen LogP) is 1.16. The standard InChI is InChI=1S/C12H17N3O/c1-3-4-11(13)12(16)15-9(2)10-5-7-14-8-6-10/h3,5-9,11H,1,4,13H2,2H3,(H,15,16)/t9-,11?/m0/s1. The van der Waals surface area contributed by atoms with E-state index in [0.29, 0.717) is 6.42 Å². The average molecular weight is 219 g/mol. The van der Waals surface area contributed by atoms with Crippen molar-refractivity contribution in [3.05, 3.63) is 42.7 Å². The number of nitrogens with one attached hydrogen (secondary N) is 1. The van der Waals surface area contributed by atoms with Gasteiger partial charge in [-0.15, -0.1) is 6.58 Å². The first kappa shape index (κ1) is 12.4. The lowest BCUT2D eigenvalue weighted by Crippen LogP contribution is -2.41. The Morgan fingerprint density at radius 2 is 2.25 bits per heavy atom. The monoisotopic (exact) mass is 219 g/mol. The number of amides is 1. The molecule has 0 saturated carbocycles. The molecule has 1 unspecified atom stereocenters. The van der Waals surface area contributed by atoms with Crippen LogP contribution < -0.4 is 11.1 Å². The van der Waals surface area contributed by atoms with Gasteiger partial charge in [-0.1, -0.05) is 6.08 Å². The van der Waals surface area contributed by atoms with Gasteiger partial charge in [-0.25, -0.2) is 0 Å². The van der Waals surface area contributed by atoms with Crippen LogP contribution in [0, 0.1) is 0 Å². The SMILES string of the molecule is C=CCC(N)C(=O)N[C@@H](C)c1ccncc1. The molecule has 0 fully saturated rings. The highest BCUT2D eigenvalue weighted by atomic mass is 16.2. The molecule has 0 radical (unpaired) electrons. The second-order valence-electron chi connectivity index (χ2n) is 3.64. The third kappa shape index (κ3) is 3.47. The molecule has 0 aliphatic rings. The lowest BCUT2D eigenvalue weighted by Gasteiger charge is -2.16. The molecule has 86 valence electrons. The topological polar surface area (TPSA) is 68.0 Å². The molecule has 1 aromatic rings. The summed E-state index contributed by atoms with van der Waals surface area (Å²) in [7, 11) is 0. The largest absolute Gasteiger partial charge is 0.348 e. The molecule has 0 spiro atoms. The van der Waals surface area contributed by atoms with E-state index in [1.54, 1.807) is 18.5 Å². The second kappa shape index (κ2) is 6.02. The first-order valence-corrected chi connectivity index (χ1v) is 5.22. The molecule has 1 aromatic heterocycles. The second-order valence-corrected chi connectivity index (χ2v) is 3.64. The van der Waals surface area contributed by atoms with Crippen LogP contribution in [0.15, 0.2) is 37.2 Å². The first-order chi connectivity index (χ1) is 7.65. The lowest BCUT2D eigenvalue weighted by molar-refractivity contribution is -0.122. The molecule has 0 aliphatic carbocycles. The van der Waals surface area contributed by atoms with Gasteiger partial charge in [0.05, 0.1) is 12.1 Å². The third-order valence-corrected chi connectivity index (χ3v) is 2.32. The Bertz CT molecular complexity index is 351. The molecule has 0 saturated heterocycles. The smallest absolute Gasteiger partial charge is 0.237 e. The number of carbonyl (C=O) groups excluding carboxylic acids is 1. The van der Waals surface area contributed by atoms with E-state index in [2.05, 4.69) is 16.9 Å². The van der Waals surface area contributed by atoms with Crippen molar-refractivity contribution in [1.82, 2.24) is 10.3 Å². The average Bonchev–Trinajstić information content (AvgIpc) is 2.30. The normalized spacial score (nSPS) is 13.9. The van der Waals surface area contributed by atoms with E-state index in [1.807, 2.05) is 19.1 Å². The molecule has 3 N–H and O–H groups in total. The van der Waals surface area contributed by atoms with E-state index in [1.165, 1.54) is 0 Å². The van der Waals surface area contributed by atoms with Crippen molar-refractivity contribution in [2.45, 2.75) is 25.4 Å². The van der Waals surface area contributed by atoms with Gasteiger partial charge in [-0.3, -0.25) is 9.78 Å². The maximum atomic E-state index is 11.6. The zero-order chi connectivity index (χ0) is 12.0. The summed E-state index contributed by atoms with van der Waals surface area (Å²) in [5.74, 6) is -0.163. The van der Waals surface area contributed by atoms with Gasteiger partial charge in [0.2, 0.25) is 5.91 Å². The zero-order valence-electron chi connectivity index (χ0n) is 9.39. The molecule has 0 aliphatic heterocycles. The van der Waals surface area contributed by atoms with Crippen LogP contribution in [-0.2, 0) is 4.79 Å². The van der Waals surface area contributed by atoms with Gasteiger partial charge >= 0.3 is 0 Å². The molecule has 16 heavy (non-hydrogen) atoms. The minimum Gasteiger partial charge on any atom is -0.348 e. The van der Waals surface area contributed by atoms with E-state index < -0.39 is 6.04 Å². The van der Waals surface area contributed by atoms with Crippen LogP contribution in [0.4, 0.5) is 0 Å². The number of rotatable bonds is 5. The maximum Gasteiger partial charge on any atom is 0.237 e. The number of hydrogen-bond acceptors (Lipinski definition) is 3. The Balaban J connectivity index is 2.55. The Morgan fingerprint density at radius 3 is 2.81 bits per heavy atom. The quantitative estimate of drug-likeness (QED) is 0.730. The molecule has 4 heteroatoms. The van der Waals surface area contributed by atoms with Gasteiger partial charge in [0.25, 0.3) is 0 Å². The highest BCUT2D eigenvalue weighted by Gasteiger charge is 2.14. The van der Waals surface area contributed by atoms with Gasteiger partial charge < -0.3 is 11.1 Å². The number of nitrogens with zero attached hydrogens (tertiary/aromatic N) is 1. The van der Waals surface area contributed by atoms with Crippen molar-refractivity contribution in [1.29, 1.82) is 0 Å². The summed E-state index contributed by atoms with van der Waals surface area (Å²) in [6, 6.07) is 3.14. The molecule has 4 nitrogen and oxygen atoms in total. The predicted molar refractivity (Wildman–Crippen MR) is 63.6 cm³/mol. The third-order valence-electron chi connectivity index (χ3n) is 2.32. The van der Waals surface area contributed by atoms with E-state index in [0.717, 1.165) is 5.56 Å². The van der Waals surface area contributed by atoms with Crippen LogP contribution in [0.5, 0.6) is 0 Å². The van der Waals surface area contributed by atoms with Crippen molar-refractivity contribution >= 4 is 5.91 Å². The fourth-order valence-electron chi connectivity index (χ4n) is 1.34. The summed E-state index contributed by atoms with van der Waals surface area (Å²) in [4.78, 5) is 15.5. The van der Waals surface area contributed by atoms with Gasteiger partial charge in [0, 0.05) is 12.4 Å². The molecular formula is C12H17N3O. The molecular weight excluding hydrogens is 202 g/mol. The fraction of sp³-hybridized carbons (Fsp3) is 0.333. The number of pyridine rings is 1. The van der Waals surface area contributed by atoms with Crippen molar-refractivity contribution < 1.29 is 4.79 Å². The highest BCUT2D eigenvalue weighted by molar-refractivity contribution is 5.82. The minimum atomic E-state index is -0.526. The molecule has 1 amide bonds. The minimum absolute atomic E-state index is 0.0636. The molecule has 0 bridgehead atoms. The summed E-state index contributed by atoms with van der Waals surface area (Å²) in [6.07, 6.45) is 5.51. The summed E-state index contributed by atoms with van der Waals surface area (Å²) in [5, 5.41) is 2.84. The zero-order valence-corrected chi connectivity index (χ0v) is 9.39. The summed E-state index contributed by atoms with van der Waals surface area (Å²) >= 11 is 0. The number of nitrogens with two attached hydrogens (primary N) is 1. The Kier molecular flexibility index (Phi) is 4.66. The van der Waals surface area contributed by atoms with Crippen molar-refractivity contribution in [3.8, 4) is 0 Å². The van der Waals surface area contributed by atoms with Gasteiger partial charge in [0.1, 0.15) is 0 Å². The molecule has 1 heterocycles. The van der Waals surface area contributed by atoms with Crippen LogP contribution in [-0.4, -0.2) is 16.9 Å². The van der Waals surface area contributed by atoms with Crippen LogP contribution in [0.2, 0.25) is 0 Å². The van der Waals surface area contributed by atoms with Gasteiger partial charge in [-0.2, -0.15) is 0 Å². The highest BCUT2D eigenvalue weighted by Crippen LogP contribution is 2.10. The summed E-state index contributed by atoms with van der Waals surface area (Å²) < 4.78 is 0. The van der Waals surface area contributed by atoms with Gasteiger partial charge in [0.15, 0.2) is 0 Å². The number of hydrogen-bond donors (Lipinski definition) is 2. The molecule has 1 rings (SSSR count). The summed E-state index contributed by atoms with van der Waals surface area (Å²) in [6.45, 7) is 5.46. The van der Waals surface area contributed by atoms with Crippen molar-refractivity contribution in [2.24, 2.45) is 5.73 Å². The summed E-state index contributed by atoms with van der Waals surface area (Å²) in [5.41, 5.74) is 6.67. The van der Waals surface area contributed by atoms with E-state index in [9.17, 15) is 4.79 Å². The fourth-order valence-corrected chi connectivity index (χ4v) is 1.34. The van der Waals surface area contributed by atoms with E-state index in [4.69, 9.17) is 5.73 Å². The van der Waals surface area contributed by atoms with E-state index in [-0.39, 0.29) is 11.9 Å². The van der Waals surface area contributed by atoms with Crippen LogP contribution >= 0.6 is 0 Å². The lowest BCUT2D eigenvalue weighted by atomic mass is 10.1. The Morgan fingerprint density at radius 1 is 1.62 bits per heavy atom. The Hall–Kier alpha value is -1.68. The van der Waals surface area contributed by atoms with Crippen LogP contribution in [0.25, 0.3) is 0 Å². The number of carbonyl (C=O) groups is 1. The van der Waals surface area contributed by atoms with Crippen molar-refractivity contribution in [3.63, 3.8) is 0 Å². The maximum absolute atomic E-state index is 11.6. The molecule has 0 aromatic carbocycles. The van der Waals surface area contributed by atoms with Crippen LogP contribution in [0.3, 0.4) is 0 Å².